The third-order valence-electron chi connectivity index (χ3n) is 24.3. The van der Waals surface area contributed by atoms with E-state index in [-0.39, 0.29) is 10.8 Å². The molecule has 0 spiro atoms. The van der Waals surface area contributed by atoms with E-state index in [0.717, 1.165) is 6.42 Å². The van der Waals surface area contributed by atoms with E-state index in [0.29, 0.717) is 5.92 Å². The van der Waals surface area contributed by atoms with Gasteiger partial charge >= 0.3 is 0 Å². The molecule has 0 aromatic heterocycles. The largest absolute Gasteiger partial charge is 0.0874 e. The van der Waals surface area contributed by atoms with Gasteiger partial charge in [0.1, 0.15) is 0 Å². The van der Waals surface area contributed by atoms with Crippen LogP contribution in [-0.2, 0) is 10.8 Å². The van der Waals surface area contributed by atoms with E-state index in [1.54, 1.807) is 0 Å². The van der Waals surface area contributed by atoms with Crippen molar-refractivity contribution in [3.05, 3.63) is 387 Å². The molecular formula is C112H96. The molecule has 0 nitrogen and oxygen atoms in total. The van der Waals surface area contributed by atoms with Gasteiger partial charge < -0.3 is 0 Å². The Morgan fingerprint density at radius 3 is 1.29 bits per heavy atom. The van der Waals surface area contributed by atoms with Crippen molar-refractivity contribution in [1.29, 1.82) is 0 Å². The number of hydrogen-bond acceptors (Lipinski definition) is 0. The van der Waals surface area contributed by atoms with Crippen molar-refractivity contribution >= 4 is 95.9 Å². The van der Waals surface area contributed by atoms with Gasteiger partial charge in [0.25, 0.3) is 0 Å². The van der Waals surface area contributed by atoms with E-state index in [1.807, 2.05) is 0 Å². The average molecular weight is 1440 g/mol. The first-order valence-electron chi connectivity index (χ1n) is 40.1. The lowest BCUT2D eigenvalue weighted by molar-refractivity contribution is 0.661. The Kier molecular flexibility index (Phi) is 19.2. The van der Waals surface area contributed by atoms with Crippen LogP contribution in [0.3, 0.4) is 0 Å². The predicted molar refractivity (Wildman–Crippen MR) is 491 cm³/mol. The zero-order valence-electron chi connectivity index (χ0n) is 66.7. The van der Waals surface area contributed by atoms with Gasteiger partial charge in [-0.05, 0) is 300 Å². The first-order valence-corrected chi connectivity index (χ1v) is 40.1. The van der Waals surface area contributed by atoms with Crippen LogP contribution in [0.4, 0.5) is 0 Å². The van der Waals surface area contributed by atoms with E-state index in [2.05, 4.69) is 429 Å². The van der Waals surface area contributed by atoms with Gasteiger partial charge in [-0.15, -0.1) is 0 Å². The van der Waals surface area contributed by atoms with Crippen LogP contribution in [-0.4, -0.2) is 0 Å². The topological polar surface area (TPSA) is 0 Å². The molecule has 0 bridgehead atoms. The summed E-state index contributed by atoms with van der Waals surface area (Å²) in [5, 5.41) is 12.9. The van der Waals surface area contributed by atoms with Crippen molar-refractivity contribution in [3.63, 3.8) is 0 Å². The molecule has 0 N–H and O–H groups in total. The number of rotatable bonds is 11. The molecule has 0 saturated heterocycles. The molecule has 0 fully saturated rings. The summed E-state index contributed by atoms with van der Waals surface area (Å²) in [4.78, 5) is 0. The first-order chi connectivity index (χ1) is 54.5. The molecule has 3 aliphatic rings. The molecule has 0 aliphatic heterocycles. The summed E-state index contributed by atoms with van der Waals surface area (Å²) in [5.74, 6) is 0.429. The van der Waals surface area contributed by atoms with Crippen LogP contribution < -0.4 is 0 Å². The normalized spacial score (nSPS) is 15.4. The van der Waals surface area contributed by atoms with E-state index in [4.69, 9.17) is 0 Å². The molecule has 544 valence electrons. The molecule has 1 unspecified atom stereocenters. The molecule has 0 heterocycles. The second kappa shape index (κ2) is 29.7. The lowest BCUT2D eigenvalue weighted by Gasteiger charge is -2.26. The summed E-state index contributed by atoms with van der Waals surface area (Å²) in [6.45, 7) is 27.0. The second-order valence-electron chi connectivity index (χ2n) is 32.2. The number of fused-ring (bicyclic) bond motifs is 10. The monoisotopic (exact) mass is 1440 g/mol. The lowest BCUT2D eigenvalue weighted by Crippen LogP contribution is -2.15. The molecule has 0 heteroatoms. The van der Waals surface area contributed by atoms with Gasteiger partial charge in [0.2, 0.25) is 0 Å². The molecule has 112 heavy (non-hydrogen) atoms. The van der Waals surface area contributed by atoms with Crippen LogP contribution in [0.15, 0.2) is 315 Å². The van der Waals surface area contributed by atoms with Gasteiger partial charge in [0.05, 0.1) is 0 Å². The minimum atomic E-state index is -0.249. The van der Waals surface area contributed by atoms with Crippen molar-refractivity contribution < 1.29 is 0 Å². The Morgan fingerprint density at radius 2 is 0.750 bits per heavy atom. The highest BCUT2D eigenvalue weighted by atomic mass is 14.4. The summed E-state index contributed by atoms with van der Waals surface area (Å²) in [5.41, 5.74) is 37.1. The second-order valence-corrected chi connectivity index (χ2v) is 32.2. The zero-order chi connectivity index (χ0) is 77.1. The van der Waals surface area contributed by atoms with Crippen molar-refractivity contribution in [3.8, 4) is 77.9 Å². The van der Waals surface area contributed by atoms with Gasteiger partial charge in [-0.1, -0.05) is 356 Å². The lowest BCUT2D eigenvalue weighted by atomic mass is 9.77. The molecule has 0 saturated carbocycles. The molecule has 0 amide bonds. The Bertz CT molecular complexity index is 6580. The van der Waals surface area contributed by atoms with E-state index >= 15 is 0 Å². The molecule has 1 atom stereocenters. The summed E-state index contributed by atoms with van der Waals surface area (Å²) < 4.78 is 0. The smallest absolute Gasteiger partial charge is 0.0159 e. The number of aryl methyl sites for hydroxylation is 3. The SMILES string of the molecule is C/C=C\C1=CC=C(c2c3c(c(-c4ccc(/C=C\C)c(C)c4)c4ccccc24)/C=C/c2ccc(-c4ccc(-c5cccc6ccccc56)cc4)cc2C(C)(C)/C=C/3)CC1C.C/C=C\c1ccc(-c2c3ccccc3c(-c3ccc(/C=C\C)c(C)c3)c3cc4c(cc23)-c2ccc(-c3cccc5ccccc35)cc2C4(C)C)cc1C. The van der Waals surface area contributed by atoms with Crippen LogP contribution in [0.5, 0.6) is 0 Å². The standard InChI is InChI=1S/C59H52.C53H44/c1-7-14-41-22-30-48(36-39(41)3)57-52-19-11-12-20-53(52)58(49-31-23-42(15-8-2)40(4)37-49)55-34-35-59(5,6)56-38-47(29-28-46(56)32-33-54(55)57)43-24-26-45(27-25-43)51-21-13-17-44-16-9-10-18-50(44)51;1-7-14-35-22-24-39(28-33(35)3)51-44-19-11-12-20-45(44)52(40-25-23-36(15-8-2)34(4)29-40)48-32-50-46(31-47(48)51)43-27-26-38(30-49(43)53(50,5)6)42-21-13-17-37-16-9-10-18-41(37)42/h7-36,38,40H,37H2,1-6H3;7-32H,1-6H3/b14-7-,15-8-,33-32+,35-34+;14-7-,15-8-. The van der Waals surface area contributed by atoms with Gasteiger partial charge in [0.15, 0.2) is 0 Å². The summed E-state index contributed by atoms with van der Waals surface area (Å²) in [6.07, 6.45) is 32.8. The minimum Gasteiger partial charge on any atom is -0.0874 e. The minimum absolute atomic E-state index is 0.182. The average Bonchev–Trinajstić information content (AvgIpc) is 1.52. The number of allylic oxidation sites excluding steroid dienone is 10. The van der Waals surface area contributed by atoms with Gasteiger partial charge in [-0.3, -0.25) is 0 Å². The van der Waals surface area contributed by atoms with E-state index in [1.165, 1.54) is 215 Å². The Hall–Kier alpha value is -12.5. The fourth-order valence-corrected chi connectivity index (χ4v) is 18.5. The Morgan fingerprint density at radius 1 is 0.312 bits per heavy atom. The maximum absolute atomic E-state index is 2.55. The Balaban J connectivity index is 0.000000163. The highest BCUT2D eigenvalue weighted by Crippen LogP contribution is 2.55. The third kappa shape index (κ3) is 13.0. The van der Waals surface area contributed by atoms with E-state index in [9.17, 15) is 0 Å². The number of hydrogen-bond donors (Lipinski definition) is 0. The molecule has 18 rings (SSSR count). The highest BCUT2D eigenvalue weighted by Gasteiger charge is 2.37. The van der Waals surface area contributed by atoms with Crippen LogP contribution >= 0.6 is 0 Å². The summed E-state index contributed by atoms with van der Waals surface area (Å²) in [7, 11) is 0. The van der Waals surface area contributed by atoms with Crippen LogP contribution in [0, 0.1) is 26.7 Å². The van der Waals surface area contributed by atoms with Crippen molar-refractivity contribution in [1.82, 2.24) is 0 Å². The van der Waals surface area contributed by atoms with Crippen LogP contribution in [0.1, 0.15) is 141 Å². The third-order valence-corrected chi connectivity index (χ3v) is 24.3. The fraction of sp³-hybridized carbons (Fsp3) is 0.143. The molecule has 3 aliphatic carbocycles. The summed E-state index contributed by atoms with van der Waals surface area (Å²) in [6, 6.07) is 98.1. The molecule has 0 radical (unpaired) electrons. The first kappa shape index (κ1) is 72.4. The maximum Gasteiger partial charge on any atom is 0.0159 e. The maximum atomic E-state index is 2.55. The Labute approximate surface area is 663 Å². The van der Waals surface area contributed by atoms with Gasteiger partial charge in [-0.2, -0.15) is 0 Å². The van der Waals surface area contributed by atoms with Gasteiger partial charge in [-0.25, -0.2) is 0 Å². The molecule has 15 aromatic carbocycles. The fourth-order valence-electron chi connectivity index (χ4n) is 18.5. The predicted octanol–water partition coefficient (Wildman–Crippen LogP) is 31.9. The molecular weight excluding hydrogens is 1350 g/mol. The van der Waals surface area contributed by atoms with Crippen LogP contribution in [0.25, 0.3) is 174 Å². The highest BCUT2D eigenvalue weighted by molar-refractivity contribution is 6.23. The van der Waals surface area contributed by atoms with Gasteiger partial charge in [0, 0.05) is 10.8 Å². The zero-order valence-corrected chi connectivity index (χ0v) is 66.7. The number of benzene rings is 15. The molecule has 15 aromatic rings. The van der Waals surface area contributed by atoms with E-state index < -0.39 is 0 Å². The van der Waals surface area contributed by atoms with Crippen molar-refractivity contribution in [2.45, 2.75) is 100 Å². The van der Waals surface area contributed by atoms with Crippen LogP contribution in [0.2, 0.25) is 0 Å². The van der Waals surface area contributed by atoms with Crippen molar-refractivity contribution in [2.75, 3.05) is 0 Å². The quantitative estimate of drug-likeness (QED) is 0.113. The summed E-state index contributed by atoms with van der Waals surface area (Å²) >= 11 is 0. The van der Waals surface area contributed by atoms with Crippen molar-refractivity contribution in [2.24, 2.45) is 5.92 Å².